The lowest BCUT2D eigenvalue weighted by Gasteiger charge is -2.02. The van der Waals surface area contributed by atoms with Crippen molar-refractivity contribution in [1.29, 1.82) is 0 Å². The molecule has 18 heavy (non-hydrogen) atoms. The third kappa shape index (κ3) is 1.13. The first kappa shape index (κ1) is 9.60. The van der Waals surface area contributed by atoms with Crippen molar-refractivity contribution < 1.29 is 4.79 Å². The first-order chi connectivity index (χ1) is 8.84. The standard InChI is InChI=1S/C17H10O/c18-17-14-8-4-3-7-13(14)15-9-11-5-1-2-6-12(11)10-16(15)17/h1-10H. The number of fused-ring (bicyclic) bond motifs is 4. The molecule has 0 fully saturated rings. The van der Waals surface area contributed by atoms with E-state index in [1.165, 1.54) is 5.39 Å². The van der Waals surface area contributed by atoms with E-state index in [9.17, 15) is 4.79 Å². The van der Waals surface area contributed by atoms with Gasteiger partial charge in [0.15, 0.2) is 5.78 Å². The van der Waals surface area contributed by atoms with Crippen LogP contribution in [0.1, 0.15) is 15.9 Å². The molecule has 0 spiro atoms. The van der Waals surface area contributed by atoms with E-state index in [1.54, 1.807) is 0 Å². The Hall–Kier alpha value is -2.41. The van der Waals surface area contributed by atoms with Crippen LogP contribution in [-0.4, -0.2) is 5.78 Å². The molecule has 0 N–H and O–H groups in total. The molecular formula is C17H10O. The van der Waals surface area contributed by atoms with E-state index in [2.05, 4.69) is 12.1 Å². The van der Waals surface area contributed by atoms with Crippen LogP contribution in [0.4, 0.5) is 0 Å². The molecule has 3 aromatic rings. The lowest BCUT2D eigenvalue weighted by molar-refractivity contribution is 0.104. The van der Waals surface area contributed by atoms with Crippen LogP contribution in [0.15, 0.2) is 60.7 Å². The maximum atomic E-state index is 12.3. The minimum absolute atomic E-state index is 0.145. The summed E-state index contributed by atoms with van der Waals surface area (Å²) < 4.78 is 0. The molecule has 1 aliphatic rings. The van der Waals surface area contributed by atoms with Crippen molar-refractivity contribution in [3.63, 3.8) is 0 Å². The van der Waals surface area contributed by atoms with Crippen molar-refractivity contribution in [2.24, 2.45) is 0 Å². The van der Waals surface area contributed by atoms with Crippen LogP contribution in [0.25, 0.3) is 21.9 Å². The number of hydrogen-bond donors (Lipinski definition) is 0. The maximum Gasteiger partial charge on any atom is 0.194 e. The second kappa shape index (κ2) is 3.30. The number of hydrogen-bond acceptors (Lipinski definition) is 1. The van der Waals surface area contributed by atoms with Crippen molar-refractivity contribution in [3.05, 3.63) is 71.8 Å². The fourth-order valence-electron chi connectivity index (χ4n) is 2.71. The molecule has 0 atom stereocenters. The Balaban J connectivity index is 2.14. The smallest absolute Gasteiger partial charge is 0.194 e. The molecule has 1 nitrogen and oxygen atoms in total. The molecule has 3 aromatic carbocycles. The topological polar surface area (TPSA) is 17.1 Å². The molecule has 0 aromatic heterocycles. The van der Waals surface area contributed by atoms with Gasteiger partial charge in [0.1, 0.15) is 0 Å². The summed E-state index contributed by atoms with van der Waals surface area (Å²) in [4.78, 5) is 12.3. The minimum atomic E-state index is 0.145. The van der Waals surface area contributed by atoms with Gasteiger partial charge >= 0.3 is 0 Å². The summed E-state index contributed by atoms with van der Waals surface area (Å²) in [5.74, 6) is 0.145. The first-order valence-corrected chi connectivity index (χ1v) is 6.01. The van der Waals surface area contributed by atoms with E-state index in [0.717, 1.165) is 27.6 Å². The molecule has 4 rings (SSSR count). The monoisotopic (exact) mass is 230 g/mol. The van der Waals surface area contributed by atoms with Crippen molar-refractivity contribution in [2.75, 3.05) is 0 Å². The van der Waals surface area contributed by atoms with Gasteiger partial charge < -0.3 is 0 Å². The van der Waals surface area contributed by atoms with Crippen LogP contribution in [-0.2, 0) is 0 Å². The van der Waals surface area contributed by atoms with E-state index in [1.807, 2.05) is 48.5 Å². The third-order valence-corrected chi connectivity index (χ3v) is 3.59. The molecule has 1 aliphatic carbocycles. The van der Waals surface area contributed by atoms with E-state index in [-0.39, 0.29) is 5.78 Å². The van der Waals surface area contributed by atoms with Gasteiger partial charge in [-0.05, 0) is 34.0 Å². The van der Waals surface area contributed by atoms with Crippen LogP contribution in [0.3, 0.4) is 0 Å². The molecule has 0 saturated heterocycles. The SMILES string of the molecule is O=C1c2ccccc2-c2cc3ccccc3cc21. The van der Waals surface area contributed by atoms with Gasteiger partial charge in [-0.15, -0.1) is 0 Å². The summed E-state index contributed by atoms with van der Waals surface area (Å²) in [7, 11) is 0. The number of benzene rings is 3. The highest BCUT2D eigenvalue weighted by Gasteiger charge is 2.26. The summed E-state index contributed by atoms with van der Waals surface area (Å²) in [6.07, 6.45) is 0. The van der Waals surface area contributed by atoms with Gasteiger partial charge in [0, 0.05) is 11.1 Å². The highest BCUT2D eigenvalue weighted by molar-refractivity contribution is 6.23. The second-order valence-corrected chi connectivity index (χ2v) is 4.62. The van der Waals surface area contributed by atoms with Crippen molar-refractivity contribution >= 4 is 16.6 Å². The van der Waals surface area contributed by atoms with E-state index in [0.29, 0.717) is 0 Å². The lowest BCUT2D eigenvalue weighted by atomic mass is 10.0. The Kier molecular flexibility index (Phi) is 1.76. The van der Waals surface area contributed by atoms with Crippen molar-refractivity contribution in [3.8, 4) is 11.1 Å². The summed E-state index contributed by atoms with van der Waals surface area (Å²) >= 11 is 0. The Labute approximate surface area is 105 Å². The average Bonchev–Trinajstić information content (AvgIpc) is 2.71. The molecule has 0 amide bonds. The second-order valence-electron chi connectivity index (χ2n) is 4.62. The van der Waals surface area contributed by atoms with Gasteiger partial charge in [0.05, 0.1) is 0 Å². The Morgan fingerprint density at radius 1 is 0.556 bits per heavy atom. The number of rotatable bonds is 0. The minimum Gasteiger partial charge on any atom is -0.289 e. The molecule has 84 valence electrons. The fraction of sp³-hybridized carbons (Fsp3) is 0. The number of carbonyl (C=O) groups is 1. The van der Waals surface area contributed by atoms with E-state index in [4.69, 9.17) is 0 Å². The van der Waals surface area contributed by atoms with Crippen LogP contribution < -0.4 is 0 Å². The van der Waals surface area contributed by atoms with Crippen LogP contribution >= 0.6 is 0 Å². The van der Waals surface area contributed by atoms with Gasteiger partial charge in [-0.2, -0.15) is 0 Å². The summed E-state index contributed by atoms with van der Waals surface area (Å²) in [5.41, 5.74) is 3.77. The predicted octanol–water partition coefficient (Wildman–Crippen LogP) is 4.05. The van der Waals surface area contributed by atoms with Gasteiger partial charge in [-0.1, -0.05) is 48.5 Å². The highest BCUT2D eigenvalue weighted by atomic mass is 16.1. The largest absolute Gasteiger partial charge is 0.289 e. The zero-order valence-electron chi connectivity index (χ0n) is 9.68. The molecule has 1 heteroatoms. The quantitative estimate of drug-likeness (QED) is 0.445. The summed E-state index contributed by atoms with van der Waals surface area (Å²) in [6.45, 7) is 0. The fourth-order valence-corrected chi connectivity index (χ4v) is 2.71. The molecule has 0 aliphatic heterocycles. The Morgan fingerprint density at radius 3 is 1.83 bits per heavy atom. The molecule has 0 saturated carbocycles. The predicted molar refractivity (Wildman–Crippen MR) is 72.8 cm³/mol. The van der Waals surface area contributed by atoms with Crippen molar-refractivity contribution in [1.82, 2.24) is 0 Å². The lowest BCUT2D eigenvalue weighted by Crippen LogP contribution is -1.94. The van der Waals surface area contributed by atoms with Crippen LogP contribution in [0.2, 0.25) is 0 Å². The number of ketones is 1. The normalized spacial score (nSPS) is 12.6. The molecule has 0 bridgehead atoms. The molecule has 0 unspecified atom stereocenters. The summed E-state index contributed by atoms with van der Waals surface area (Å²) in [6, 6.07) is 20.1. The maximum absolute atomic E-state index is 12.3. The average molecular weight is 230 g/mol. The van der Waals surface area contributed by atoms with Crippen LogP contribution in [0.5, 0.6) is 0 Å². The Bertz CT molecular complexity index is 800. The molecule has 0 heterocycles. The molecule has 0 radical (unpaired) electrons. The van der Waals surface area contributed by atoms with Crippen molar-refractivity contribution in [2.45, 2.75) is 0 Å². The van der Waals surface area contributed by atoms with Gasteiger partial charge in [0.2, 0.25) is 0 Å². The zero-order valence-corrected chi connectivity index (χ0v) is 9.68. The summed E-state index contributed by atoms with van der Waals surface area (Å²) in [5, 5.41) is 2.30. The van der Waals surface area contributed by atoms with E-state index >= 15 is 0 Å². The van der Waals surface area contributed by atoms with E-state index < -0.39 is 0 Å². The van der Waals surface area contributed by atoms with Gasteiger partial charge in [-0.3, -0.25) is 4.79 Å². The highest BCUT2D eigenvalue weighted by Crippen LogP contribution is 2.38. The van der Waals surface area contributed by atoms with Gasteiger partial charge in [-0.25, -0.2) is 0 Å². The van der Waals surface area contributed by atoms with Gasteiger partial charge in [0.25, 0.3) is 0 Å². The third-order valence-electron chi connectivity index (χ3n) is 3.59. The molecular weight excluding hydrogens is 220 g/mol. The number of carbonyl (C=O) groups excluding carboxylic acids is 1. The Morgan fingerprint density at radius 2 is 1.11 bits per heavy atom. The van der Waals surface area contributed by atoms with Crippen LogP contribution in [0, 0.1) is 0 Å². The zero-order chi connectivity index (χ0) is 12.1. The first-order valence-electron chi connectivity index (χ1n) is 6.01.